The third-order valence-electron chi connectivity index (χ3n) is 1.88. The van der Waals surface area contributed by atoms with Gasteiger partial charge in [-0.1, -0.05) is 12.1 Å². The molecule has 0 aliphatic carbocycles. The summed E-state index contributed by atoms with van der Waals surface area (Å²) in [6.07, 6.45) is 0.932. The van der Waals surface area contributed by atoms with E-state index in [0.717, 1.165) is 29.3 Å². The first-order valence-corrected chi connectivity index (χ1v) is 5.35. The Morgan fingerprint density at radius 3 is 3.08 bits per heavy atom. The van der Waals surface area contributed by atoms with E-state index in [1.807, 2.05) is 24.3 Å². The van der Waals surface area contributed by atoms with Crippen molar-refractivity contribution in [3.8, 4) is 0 Å². The molecule has 2 rings (SSSR count). The zero-order valence-corrected chi connectivity index (χ0v) is 7.51. The van der Waals surface area contributed by atoms with E-state index in [-0.39, 0.29) is 0 Å². The summed E-state index contributed by atoms with van der Waals surface area (Å²) in [5, 5.41) is 4.34. The molecule has 0 saturated carbocycles. The van der Waals surface area contributed by atoms with Crippen LogP contribution in [0.3, 0.4) is 0 Å². The van der Waals surface area contributed by atoms with Crippen molar-refractivity contribution < 1.29 is 4.55 Å². The van der Waals surface area contributed by atoms with Crippen LogP contribution < -0.4 is 5.32 Å². The van der Waals surface area contributed by atoms with Crippen molar-refractivity contribution in [1.82, 2.24) is 5.32 Å². The molecule has 3 heteroatoms. The van der Waals surface area contributed by atoms with Gasteiger partial charge >= 0.3 is 0 Å². The minimum absolute atomic E-state index is 0.751. The monoisotopic (exact) mass is 180 g/mol. The minimum Gasteiger partial charge on any atom is -0.611 e. The van der Waals surface area contributed by atoms with Crippen LogP contribution in [0.25, 0.3) is 0 Å². The van der Waals surface area contributed by atoms with Crippen molar-refractivity contribution in [1.29, 1.82) is 0 Å². The van der Waals surface area contributed by atoms with Crippen molar-refractivity contribution in [3.05, 3.63) is 24.3 Å². The van der Waals surface area contributed by atoms with Crippen LogP contribution in [-0.2, 0) is 11.2 Å². The summed E-state index contributed by atoms with van der Waals surface area (Å²) in [5.41, 5.74) is 0.910. The average molecular weight is 180 g/mol. The second kappa shape index (κ2) is 3.37. The Bertz CT molecular complexity index is 277. The molecular formula is C9H10NOS. The lowest BCUT2D eigenvalue weighted by Gasteiger charge is -2.08. The summed E-state index contributed by atoms with van der Waals surface area (Å²) in [5.74, 6) is 0.751. The summed E-state index contributed by atoms with van der Waals surface area (Å²) in [6, 6.07) is 7.68. The molecule has 1 atom stereocenters. The van der Waals surface area contributed by atoms with Crippen molar-refractivity contribution in [3.63, 3.8) is 0 Å². The smallest absolute Gasteiger partial charge is 0.177 e. The lowest BCUT2D eigenvalue weighted by molar-refractivity contribution is 0.594. The largest absolute Gasteiger partial charge is 0.611 e. The van der Waals surface area contributed by atoms with Gasteiger partial charge in [-0.2, -0.15) is 0 Å². The van der Waals surface area contributed by atoms with E-state index >= 15 is 0 Å². The minimum atomic E-state index is -0.826. The van der Waals surface area contributed by atoms with Crippen molar-refractivity contribution in [2.45, 2.75) is 11.3 Å². The number of rotatable bonds is 0. The molecule has 0 fully saturated rings. The van der Waals surface area contributed by atoms with Crippen LogP contribution in [-0.4, -0.2) is 16.9 Å². The van der Waals surface area contributed by atoms with Gasteiger partial charge in [0, 0.05) is 13.0 Å². The zero-order valence-electron chi connectivity index (χ0n) is 6.69. The standard InChI is InChI=1S/C9H10NOS/c11-12-7-3-6-10-8-4-1-2-5-9(8)12/h1-2,4-5H,3,6-7H2. The Hall–Kier alpha value is -0.670. The maximum absolute atomic E-state index is 11.6. The summed E-state index contributed by atoms with van der Waals surface area (Å²) >= 11 is -0.826. The molecule has 0 amide bonds. The van der Waals surface area contributed by atoms with Crippen molar-refractivity contribution in [2.24, 2.45) is 0 Å². The van der Waals surface area contributed by atoms with Crippen LogP contribution >= 0.6 is 0 Å². The molecule has 2 nitrogen and oxygen atoms in total. The van der Waals surface area contributed by atoms with Gasteiger partial charge in [-0.3, -0.25) is 5.32 Å². The Kier molecular flexibility index (Phi) is 2.23. The third kappa shape index (κ3) is 1.42. The molecule has 1 aromatic rings. The van der Waals surface area contributed by atoms with Crippen LogP contribution in [0.5, 0.6) is 0 Å². The topological polar surface area (TPSA) is 37.2 Å². The summed E-state index contributed by atoms with van der Waals surface area (Å²) < 4.78 is 11.6. The van der Waals surface area contributed by atoms with Crippen LogP contribution in [0.4, 0.5) is 5.69 Å². The number of hydrogen-bond acceptors (Lipinski definition) is 1. The number of hydrogen-bond donors (Lipinski definition) is 0. The third-order valence-corrected chi connectivity index (χ3v) is 3.38. The molecule has 0 spiro atoms. The fourth-order valence-electron chi connectivity index (χ4n) is 1.29. The fourth-order valence-corrected chi connectivity index (χ4v) is 2.49. The number of nitrogens with zero attached hydrogens (tertiary/aromatic N) is 1. The van der Waals surface area contributed by atoms with Gasteiger partial charge in [0.05, 0.1) is 0 Å². The van der Waals surface area contributed by atoms with Crippen LogP contribution in [0.1, 0.15) is 6.42 Å². The average Bonchev–Trinajstić information content (AvgIpc) is 2.29. The molecule has 1 heterocycles. The second-order valence-corrected chi connectivity index (χ2v) is 4.29. The lowest BCUT2D eigenvalue weighted by atomic mass is 10.3. The van der Waals surface area contributed by atoms with E-state index in [1.165, 1.54) is 0 Å². The van der Waals surface area contributed by atoms with Crippen molar-refractivity contribution in [2.75, 3.05) is 12.3 Å². The Morgan fingerprint density at radius 1 is 1.33 bits per heavy atom. The first-order valence-electron chi connectivity index (χ1n) is 4.03. The number of benzene rings is 1. The van der Waals surface area contributed by atoms with Gasteiger partial charge in [-0.25, -0.2) is 0 Å². The highest BCUT2D eigenvalue weighted by molar-refractivity contribution is 7.91. The molecule has 1 unspecified atom stereocenters. The SMILES string of the molecule is [O-][S+]1CCC[N]c2ccccc21. The molecule has 1 aliphatic rings. The fraction of sp³-hybridized carbons (Fsp3) is 0.333. The van der Waals surface area contributed by atoms with Gasteiger partial charge < -0.3 is 4.55 Å². The normalized spacial score (nSPS) is 22.2. The lowest BCUT2D eigenvalue weighted by Crippen LogP contribution is -2.04. The zero-order chi connectivity index (χ0) is 8.39. The molecule has 1 radical (unpaired) electrons. The van der Waals surface area contributed by atoms with E-state index in [0.29, 0.717) is 0 Å². The van der Waals surface area contributed by atoms with Crippen LogP contribution in [0.15, 0.2) is 29.2 Å². The van der Waals surface area contributed by atoms with Crippen LogP contribution in [0, 0.1) is 0 Å². The van der Waals surface area contributed by atoms with Gasteiger partial charge in [-0.05, 0) is 23.3 Å². The van der Waals surface area contributed by atoms with Gasteiger partial charge in [0.1, 0.15) is 11.4 Å². The molecule has 63 valence electrons. The first-order chi connectivity index (χ1) is 5.88. The Morgan fingerprint density at radius 2 is 2.17 bits per heavy atom. The van der Waals surface area contributed by atoms with Gasteiger partial charge in [0.15, 0.2) is 4.90 Å². The highest BCUT2D eigenvalue weighted by atomic mass is 32.2. The molecule has 0 saturated heterocycles. The maximum Gasteiger partial charge on any atom is 0.177 e. The number of para-hydroxylation sites is 1. The van der Waals surface area contributed by atoms with Crippen LogP contribution in [0.2, 0.25) is 0 Å². The van der Waals surface area contributed by atoms with Crippen molar-refractivity contribution >= 4 is 16.9 Å². The van der Waals surface area contributed by atoms with Gasteiger partial charge in [-0.15, -0.1) is 0 Å². The molecular weight excluding hydrogens is 170 g/mol. The molecule has 12 heavy (non-hydrogen) atoms. The number of fused-ring (bicyclic) bond motifs is 1. The second-order valence-electron chi connectivity index (χ2n) is 2.75. The van der Waals surface area contributed by atoms with Gasteiger partial charge in [0.25, 0.3) is 0 Å². The maximum atomic E-state index is 11.6. The highest BCUT2D eigenvalue weighted by Gasteiger charge is 2.19. The Balaban J connectivity index is 2.39. The van der Waals surface area contributed by atoms with E-state index in [2.05, 4.69) is 5.32 Å². The predicted molar refractivity (Wildman–Crippen MR) is 49.0 cm³/mol. The highest BCUT2D eigenvalue weighted by Crippen LogP contribution is 2.24. The first kappa shape index (κ1) is 7.95. The van der Waals surface area contributed by atoms with E-state index in [4.69, 9.17) is 0 Å². The molecule has 1 aliphatic heterocycles. The van der Waals surface area contributed by atoms with E-state index < -0.39 is 11.2 Å². The van der Waals surface area contributed by atoms with E-state index in [1.54, 1.807) is 0 Å². The molecule has 0 N–H and O–H groups in total. The predicted octanol–water partition coefficient (Wildman–Crippen LogP) is 1.43. The Labute approximate surface area is 75.2 Å². The molecule has 1 aromatic carbocycles. The summed E-state index contributed by atoms with van der Waals surface area (Å²) in [6.45, 7) is 0.808. The molecule has 0 aromatic heterocycles. The van der Waals surface area contributed by atoms with Gasteiger partial charge in [0.2, 0.25) is 0 Å². The quantitative estimate of drug-likeness (QED) is 0.556. The van der Waals surface area contributed by atoms with E-state index in [9.17, 15) is 4.55 Å². The molecule has 0 bridgehead atoms. The summed E-state index contributed by atoms with van der Waals surface area (Å²) in [4.78, 5) is 0.898. The summed E-state index contributed by atoms with van der Waals surface area (Å²) in [7, 11) is 0.